The molecule has 27 heavy (non-hydrogen) atoms. The molecule has 2 aromatic rings. The van der Waals surface area contributed by atoms with Gasteiger partial charge in [0.05, 0.1) is 31.5 Å². The predicted octanol–water partition coefficient (Wildman–Crippen LogP) is 3.87. The minimum absolute atomic E-state index is 0.0294. The largest absolute Gasteiger partial charge is 0.508 e. The van der Waals surface area contributed by atoms with Gasteiger partial charge in [0.25, 0.3) is 0 Å². The van der Waals surface area contributed by atoms with Crippen LogP contribution in [0.1, 0.15) is 39.6 Å². The van der Waals surface area contributed by atoms with E-state index in [9.17, 15) is 28.2 Å². The first kappa shape index (κ1) is 20.6. The standard InChI is InChI=1S/C19H19F3O5/c1-26-13-5-6-14(15(10-13)19(20,21)22)17(24)8-3-11-9-12(18(25)27-2)4-7-16(11)23/h4-7,9-10,17,23-24H,3,8H2,1-2H3. The number of rotatable bonds is 6. The van der Waals surface area contributed by atoms with Crippen LogP contribution in [0.25, 0.3) is 0 Å². The van der Waals surface area contributed by atoms with Gasteiger partial charge >= 0.3 is 12.1 Å². The summed E-state index contributed by atoms with van der Waals surface area (Å²) in [4.78, 5) is 11.6. The highest BCUT2D eigenvalue weighted by Crippen LogP contribution is 2.38. The summed E-state index contributed by atoms with van der Waals surface area (Å²) in [5, 5.41) is 20.2. The normalized spacial score (nSPS) is 12.5. The fraction of sp³-hybridized carbons (Fsp3) is 0.316. The summed E-state index contributed by atoms with van der Waals surface area (Å²) < 4.78 is 49.2. The van der Waals surface area contributed by atoms with Crippen molar-refractivity contribution in [2.24, 2.45) is 0 Å². The van der Waals surface area contributed by atoms with E-state index in [-0.39, 0.29) is 35.5 Å². The van der Waals surface area contributed by atoms with Crippen LogP contribution in [-0.2, 0) is 17.3 Å². The van der Waals surface area contributed by atoms with Crippen molar-refractivity contribution in [3.8, 4) is 11.5 Å². The van der Waals surface area contributed by atoms with E-state index in [1.807, 2.05) is 0 Å². The molecule has 0 saturated heterocycles. The molecule has 2 aromatic carbocycles. The molecule has 0 aliphatic carbocycles. The van der Waals surface area contributed by atoms with Crippen LogP contribution in [0.2, 0.25) is 0 Å². The number of methoxy groups -OCH3 is 2. The number of carbonyl (C=O) groups is 1. The van der Waals surface area contributed by atoms with E-state index >= 15 is 0 Å². The summed E-state index contributed by atoms with van der Waals surface area (Å²) in [6.07, 6.45) is -6.11. The molecular formula is C19H19F3O5. The van der Waals surface area contributed by atoms with Gasteiger partial charge < -0.3 is 19.7 Å². The second kappa shape index (κ2) is 8.30. The van der Waals surface area contributed by atoms with Gasteiger partial charge in [0.2, 0.25) is 0 Å². The second-order valence-corrected chi connectivity index (χ2v) is 5.84. The van der Waals surface area contributed by atoms with Crippen molar-refractivity contribution >= 4 is 5.97 Å². The highest BCUT2D eigenvalue weighted by molar-refractivity contribution is 5.89. The average Bonchev–Trinajstić information content (AvgIpc) is 2.65. The van der Waals surface area contributed by atoms with Gasteiger partial charge in [0.15, 0.2) is 0 Å². The molecule has 0 fully saturated rings. The van der Waals surface area contributed by atoms with Gasteiger partial charge in [-0.1, -0.05) is 6.07 Å². The molecular weight excluding hydrogens is 365 g/mol. The Morgan fingerprint density at radius 1 is 1.15 bits per heavy atom. The maximum atomic E-state index is 13.3. The molecule has 146 valence electrons. The van der Waals surface area contributed by atoms with E-state index in [0.717, 1.165) is 12.1 Å². The molecule has 0 aromatic heterocycles. The van der Waals surface area contributed by atoms with Gasteiger partial charge in [-0.3, -0.25) is 0 Å². The lowest BCUT2D eigenvalue weighted by atomic mass is 9.95. The Labute approximate surface area is 154 Å². The lowest BCUT2D eigenvalue weighted by Gasteiger charge is -2.19. The van der Waals surface area contributed by atoms with Crippen LogP contribution in [0.3, 0.4) is 0 Å². The van der Waals surface area contributed by atoms with Gasteiger partial charge in [-0.2, -0.15) is 13.2 Å². The number of esters is 1. The Bertz CT molecular complexity index is 817. The summed E-state index contributed by atoms with van der Waals surface area (Å²) in [5.41, 5.74) is -0.756. The minimum Gasteiger partial charge on any atom is -0.508 e. The Balaban J connectivity index is 2.24. The molecule has 0 saturated carbocycles. The van der Waals surface area contributed by atoms with Crippen LogP contribution in [-0.4, -0.2) is 30.4 Å². The van der Waals surface area contributed by atoms with Gasteiger partial charge in [-0.05, 0) is 54.3 Å². The molecule has 0 aliphatic heterocycles. The summed E-state index contributed by atoms with van der Waals surface area (Å²) in [6, 6.07) is 7.37. The Morgan fingerprint density at radius 3 is 2.44 bits per heavy atom. The van der Waals surface area contributed by atoms with Gasteiger partial charge in [0.1, 0.15) is 11.5 Å². The van der Waals surface area contributed by atoms with E-state index in [0.29, 0.717) is 5.56 Å². The first-order valence-corrected chi connectivity index (χ1v) is 8.00. The number of carbonyl (C=O) groups excluding carboxylic acids is 1. The number of ether oxygens (including phenoxy) is 2. The summed E-state index contributed by atoms with van der Waals surface area (Å²) >= 11 is 0. The van der Waals surface area contributed by atoms with Crippen LogP contribution in [0.5, 0.6) is 11.5 Å². The third-order valence-corrected chi connectivity index (χ3v) is 4.11. The smallest absolute Gasteiger partial charge is 0.416 e. The quantitative estimate of drug-likeness (QED) is 0.740. The number of alkyl halides is 3. The van der Waals surface area contributed by atoms with Crippen LogP contribution < -0.4 is 4.74 Å². The average molecular weight is 384 g/mol. The Kier molecular flexibility index (Phi) is 6.32. The van der Waals surface area contributed by atoms with Crippen molar-refractivity contribution in [2.75, 3.05) is 14.2 Å². The van der Waals surface area contributed by atoms with Crippen molar-refractivity contribution in [1.29, 1.82) is 0 Å². The number of halogens is 3. The topological polar surface area (TPSA) is 76.0 Å². The maximum Gasteiger partial charge on any atom is 0.416 e. The lowest BCUT2D eigenvalue weighted by Crippen LogP contribution is -2.13. The first-order chi connectivity index (χ1) is 12.7. The number of aryl methyl sites for hydroxylation is 1. The van der Waals surface area contributed by atoms with E-state index in [1.165, 1.54) is 38.5 Å². The minimum atomic E-state index is -4.65. The zero-order valence-corrected chi connectivity index (χ0v) is 14.7. The van der Waals surface area contributed by atoms with Crippen LogP contribution in [0, 0.1) is 0 Å². The van der Waals surface area contributed by atoms with Gasteiger partial charge in [-0.25, -0.2) is 4.79 Å². The van der Waals surface area contributed by atoms with Crippen LogP contribution in [0.4, 0.5) is 13.2 Å². The second-order valence-electron chi connectivity index (χ2n) is 5.84. The fourth-order valence-corrected chi connectivity index (χ4v) is 2.68. The molecule has 0 aliphatic rings. The zero-order chi connectivity index (χ0) is 20.2. The first-order valence-electron chi connectivity index (χ1n) is 8.00. The third kappa shape index (κ3) is 4.91. The Morgan fingerprint density at radius 2 is 1.85 bits per heavy atom. The number of aromatic hydroxyl groups is 1. The molecule has 8 heteroatoms. The number of hydrogen-bond acceptors (Lipinski definition) is 5. The molecule has 1 atom stereocenters. The number of aliphatic hydroxyl groups excluding tert-OH is 1. The molecule has 0 heterocycles. The van der Waals surface area contributed by atoms with E-state index in [1.54, 1.807) is 0 Å². The van der Waals surface area contributed by atoms with Crippen molar-refractivity contribution in [3.63, 3.8) is 0 Å². The molecule has 0 amide bonds. The van der Waals surface area contributed by atoms with Crippen molar-refractivity contribution in [1.82, 2.24) is 0 Å². The molecule has 1 unspecified atom stereocenters. The number of benzene rings is 2. The van der Waals surface area contributed by atoms with E-state index < -0.39 is 23.8 Å². The van der Waals surface area contributed by atoms with Gasteiger partial charge in [0, 0.05) is 0 Å². The monoisotopic (exact) mass is 384 g/mol. The highest BCUT2D eigenvalue weighted by Gasteiger charge is 2.35. The molecule has 0 bridgehead atoms. The maximum absolute atomic E-state index is 13.3. The van der Waals surface area contributed by atoms with Crippen molar-refractivity contribution in [2.45, 2.75) is 25.1 Å². The zero-order valence-electron chi connectivity index (χ0n) is 14.7. The van der Waals surface area contributed by atoms with Crippen LogP contribution >= 0.6 is 0 Å². The van der Waals surface area contributed by atoms with Crippen molar-refractivity contribution < 1.29 is 37.7 Å². The number of hydrogen-bond donors (Lipinski definition) is 2. The van der Waals surface area contributed by atoms with E-state index in [4.69, 9.17) is 4.74 Å². The SMILES string of the molecule is COC(=O)c1ccc(O)c(CCC(O)c2ccc(OC)cc2C(F)(F)F)c1. The van der Waals surface area contributed by atoms with Crippen molar-refractivity contribution in [3.05, 3.63) is 58.7 Å². The van der Waals surface area contributed by atoms with Gasteiger partial charge in [-0.15, -0.1) is 0 Å². The molecule has 0 spiro atoms. The number of phenols is 1. The van der Waals surface area contributed by atoms with E-state index in [2.05, 4.69) is 4.74 Å². The summed E-state index contributed by atoms with van der Waals surface area (Å²) in [5.74, 6) is -0.700. The lowest BCUT2D eigenvalue weighted by molar-refractivity contribution is -0.139. The number of phenolic OH excluding ortho intramolecular Hbond substituents is 1. The predicted molar refractivity (Wildman–Crippen MR) is 90.7 cm³/mol. The summed E-state index contributed by atoms with van der Waals surface area (Å²) in [7, 11) is 2.46. The molecule has 0 radical (unpaired) electrons. The Hall–Kier alpha value is -2.74. The molecule has 2 N–H and O–H groups in total. The highest BCUT2D eigenvalue weighted by atomic mass is 19.4. The number of aliphatic hydroxyl groups is 1. The molecule has 2 rings (SSSR count). The molecule has 5 nitrogen and oxygen atoms in total. The third-order valence-electron chi connectivity index (χ3n) is 4.11. The fourth-order valence-electron chi connectivity index (χ4n) is 2.68. The summed E-state index contributed by atoms with van der Waals surface area (Å²) in [6.45, 7) is 0. The van der Waals surface area contributed by atoms with Crippen LogP contribution in [0.15, 0.2) is 36.4 Å².